The van der Waals surface area contributed by atoms with Crippen molar-refractivity contribution in [3.05, 3.63) is 29.3 Å². The number of anilines is 1. The van der Waals surface area contributed by atoms with Crippen LogP contribution in [0.1, 0.15) is 37.8 Å². The van der Waals surface area contributed by atoms with Crippen LogP contribution >= 0.6 is 12.4 Å². The zero-order valence-corrected chi connectivity index (χ0v) is 14.2. The molecule has 0 aromatic heterocycles. The van der Waals surface area contributed by atoms with E-state index in [4.69, 9.17) is 6.42 Å². The molecule has 0 heterocycles. The van der Waals surface area contributed by atoms with Crippen molar-refractivity contribution in [2.45, 2.75) is 45.6 Å². The van der Waals surface area contributed by atoms with E-state index in [1.807, 2.05) is 12.1 Å². The maximum atomic E-state index is 11.8. The Morgan fingerprint density at radius 3 is 2.91 bits per heavy atom. The second kappa shape index (κ2) is 8.82. The van der Waals surface area contributed by atoms with Gasteiger partial charge in [-0.2, -0.15) is 0 Å². The van der Waals surface area contributed by atoms with Gasteiger partial charge >= 0.3 is 0 Å². The molecule has 0 fully saturated rings. The minimum Gasteiger partial charge on any atom is -0.314 e. The van der Waals surface area contributed by atoms with E-state index in [2.05, 4.69) is 24.2 Å². The summed E-state index contributed by atoms with van der Waals surface area (Å²) >= 11 is 0. The normalized spacial score (nSPS) is 16.1. The highest BCUT2D eigenvalue weighted by Gasteiger charge is 2.23. The molecule has 0 radical (unpaired) electrons. The Kier molecular flexibility index (Phi) is 7.44. The molecule has 1 N–H and O–H groups in total. The Morgan fingerprint density at radius 1 is 1.50 bits per heavy atom. The van der Waals surface area contributed by atoms with Gasteiger partial charge in [-0.1, -0.05) is 25.0 Å². The number of terminal acetylenes is 1. The van der Waals surface area contributed by atoms with Gasteiger partial charge < -0.3 is 10.2 Å². The number of carbonyl (C=O) groups excluding carboxylic acids is 1. The molecule has 0 saturated carbocycles. The van der Waals surface area contributed by atoms with Gasteiger partial charge in [-0.15, -0.1) is 18.8 Å². The van der Waals surface area contributed by atoms with E-state index in [9.17, 15) is 4.79 Å². The van der Waals surface area contributed by atoms with Gasteiger partial charge in [0.2, 0.25) is 5.91 Å². The summed E-state index contributed by atoms with van der Waals surface area (Å²) in [6.07, 6.45) is 9.71. The molecule has 1 aromatic carbocycles. The first-order chi connectivity index (χ1) is 10.2. The molecule has 4 heteroatoms. The third-order valence-electron chi connectivity index (χ3n) is 4.06. The first-order valence-electron chi connectivity index (χ1n) is 7.73. The monoisotopic (exact) mass is 320 g/mol. The van der Waals surface area contributed by atoms with Crippen LogP contribution in [0, 0.1) is 12.3 Å². The van der Waals surface area contributed by atoms with Crippen molar-refractivity contribution in [2.24, 2.45) is 0 Å². The first-order valence-corrected chi connectivity index (χ1v) is 7.73. The zero-order chi connectivity index (χ0) is 15.2. The summed E-state index contributed by atoms with van der Waals surface area (Å²) in [5, 5.41) is 3.60. The van der Waals surface area contributed by atoms with E-state index in [0.29, 0.717) is 12.6 Å². The first kappa shape index (κ1) is 18.5. The van der Waals surface area contributed by atoms with Crippen molar-refractivity contribution < 1.29 is 4.79 Å². The van der Waals surface area contributed by atoms with Crippen LogP contribution in [0.4, 0.5) is 5.69 Å². The van der Waals surface area contributed by atoms with Gasteiger partial charge in [-0.05, 0) is 49.4 Å². The predicted octanol–water partition coefficient (Wildman–Crippen LogP) is 2.95. The highest BCUT2D eigenvalue weighted by atomic mass is 35.5. The number of nitrogens with zero attached hydrogens (tertiary/aromatic N) is 1. The van der Waals surface area contributed by atoms with Crippen molar-refractivity contribution >= 4 is 24.0 Å². The average Bonchev–Trinajstić information content (AvgIpc) is 2.49. The number of halogens is 1. The number of carbonyl (C=O) groups is 1. The standard InChI is InChI=1S/C18H24N2O.ClH/c1-4-11-19-16-9-10-17-15(13-16)7-6-8-18(17)20(12-5-2)14(3)21;/h2,6-8,16,19H,4,9-13H2,1,3H3;1H. The van der Waals surface area contributed by atoms with Crippen LogP contribution in [0.25, 0.3) is 0 Å². The lowest BCUT2D eigenvalue weighted by Gasteiger charge is -2.30. The smallest absolute Gasteiger partial charge is 0.224 e. The number of hydrogen-bond acceptors (Lipinski definition) is 2. The Morgan fingerprint density at radius 2 is 2.27 bits per heavy atom. The van der Waals surface area contributed by atoms with Gasteiger partial charge in [0.05, 0.1) is 6.54 Å². The van der Waals surface area contributed by atoms with E-state index in [1.54, 1.807) is 11.8 Å². The van der Waals surface area contributed by atoms with Crippen LogP contribution in [0.15, 0.2) is 18.2 Å². The highest BCUT2D eigenvalue weighted by molar-refractivity contribution is 5.93. The lowest BCUT2D eigenvalue weighted by molar-refractivity contribution is -0.116. The van der Waals surface area contributed by atoms with Crippen LogP contribution in [0.5, 0.6) is 0 Å². The third kappa shape index (κ3) is 4.25. The fourth-order valence-corrected chi connectivity index (χ4v) is 3.02. The maximum absolute atomic E-state index is 11.8. The van der Waals surface area contributed by atoms with E-state index < -0.39 is 0 Å². The molecule has 0 bridgehead atoms. The highest BCUT2D eigenvalue weighted by Crippen LogP contribution is 2.30. The van der Waals surface area contributed by atoms with Crippen molar-refractivity contribution in [3.8, 4) is 12.3 Å². The SMILES string of the molecule is C#CCN(C(C)=O)c1cccc2c1CCC(NCCC)C2.Cl. The Bertz CT molecular complexity index is 551. The molecule has 1 aliphatic rings. The summed E-state index contributed by atoms with van der Waals surface area (Å²) in [4.78, 5) is 13.6. The topological polar surface area (TPSA) is 32.3 Å². The summed E-state index contributed by atoms with van der Waals surface area (Å²) in [5.41, 5.74) is 3.63. The fourth-order valence-electron chi connectivity index (χ4n) is 3.02. The second-order valence-electron chi connectivity index (χ2n) is 5.62. The zero-order valence-electron chi connectivity index (χ0n) is 13.4. The molecule has 0 spiro atoms. The lowest BCUT2D eigenvalue weighted by atomic mass is 9.86. The van der Waals surface area contributed by atoms with E-state index >= 15 is 0 Å². The summed E-state index contributed by atoms with van der Waals surface area (Å²) in [6, 6.07) is 6.76. The van der Waals surface area contributed by atoms with E-state index in [0.717, 1.165) is 37.9 Å². The molecular weight excluding hydrogens is 296 g/mol. The molecule has 0 saturated heterocycles. The van der Waals surface area contributed by atoms with Crippen LogP contribution in [0.2, 0.25) is 0 Å². The van der Waals surface area contributed by atoms with Gasteiger partial charge in [-0.25, -0.2) is 0 Å². The molecule has 1 unspecified atom stereocenters. The largest absolute Gasteiger partial charge is 0.314 e. The summed E-state index contributed by atoms with van der Waals surface area (Å²) in [7, 11) is 0. The van der Waals surface area contributed by atoms with Gasteiger partial charge in [0.15, 0.2) is 0 Å². The number of amides is 1. The van der Waals surface area contributed by atoms with E-state index in [1.165, 1.54) is 11.1 Å². The van der Waals surface area contributed by atoms with Gasteiger partial charge in [0, 0.05) is 18.7 Å². The molecular formula is C18H25ClN2O. The Balaban J connectivity index is 0.00000242. The molecule has 2 rings (SSSR count). The van der Waals surface area contributed by atoms with Crippen LogP contribution in [0.3, 0.4) is 0 Å². The van der Waals surface area contributed by atoms with Gasteiger partial charge in [0.25, 0.3) is 0 Å². The average molecular weight is 321 g/mol. The molecule has 0 aliphatic heterocycles. The molecule has 3 nitrogen and oxygen atoms in total. The van der Waals surface area contributed by atoms with Crippen molar-refractivity contribution in [2.75, 3.05) is 18.0 Å². The predicted molar refractivity (Wildman–Crippen MR) is 94.7 cm³/mol. The van der Waals surface area contributed by atoms with Crippen molar-refractivity contribution in [1.82, 2.24) is 5.32 Å². The minimum atomic E-state index is 0. The summed E-state index contributed by atoms with van der Waals surface area (Å²) in [5.74, 6) is 2.59. The molecule has 120 valence electrons. The summed E-state index contributed by atoms with van der Waals surface area (Å²) in [6.45, 7) is 5.16. The van der Waals surface area contributed by atoms with Gasteiger partial charge in [-0.3, -0.25) is 4.79 Å². The fraction of sp³-hybridized carbons (Fsp3) is 0.500. The minimum absolute atomic E-state index is 0. The number of rotatable bonds is 5. The van der Waals surface area contributed by atoms with E-state index in [-0.39, 0.29) is 18.3 Å². The van der Waals surface area contributed by atoms with Crippen molar-refractivity contribution in [1.29, 1.82) is 0 Å². The van der Waals surface area contributed by atoms with Gasteiger partial charge in [0.1, 0.15) is 0 Å². The number of nitrogens with one attached hydrogen (secondary N) is 1. The third-order valence-corrected chi connectivity index (χ3v) is 4.06. The van der Waals surface area contributed by atoms with Crippen LogP contribution in [-0.4, -0.2) is 25.0 Å². The van der Waals surface area contributed by atoms with Crippen molar-refractivity contribution in [3.63, 3.8) is 0 Å². The maximum Gasteiger partial charge on any atom is 0.224 e. The quantitative estimate of drug-likeness (QED) is 0.846. The molecule has 1 aliphatic carbocycles. The molecule has 22 heavy (non-hydrogen) atoms. The summed E-state index contributed by atoms with van der Waals surface area (Å²) < 4.78 is 0. The number of fused-ring (bicyclic) bond motifs is 1. The van der Waals surface area contributed by atoms with Crippen LogP contribution in [-0.2, 0) is 17.6 Å². The molecule has 1 aromatic rings. The number of benzene rings is 1. The molecule has 1 atom stereocenters. The Labute approximate surface area is 139 Å². The second-order valence-corrected chi connectivity index (χ2v) is 5.62. The molecule has 1 amide bonds. The number of hydrogen-bond donors (Lipinski definition) is 1. The lowest BCUT2D eigenvalue weighted by Crippen LogP contribution is -2.36. The Hall–Kier alpha value is -1.50. The van der Waals surface area contributed by atoms with Crippen LogP contribution < -0.4 is 10.2 Å².